The largest absolute Gasteiger partial charge is 0.364 e. The molecule has 0 spiro atoms. The quantitative estimate of drug-likeness (QED) is 0.705. The Morgan fingerprint density at radius 2 is 2.00 bits per heavy atom. The molecule has 0 atom stereocenters. The Kier molecular flexibility index (Phi) is 13.7. The highest BCUT2D eigenvalue weighted by Crippen LogP contribution is 2.23. The van der Waals surface area contributed by atoms with Gasteiger partial charge >= 0.3 is 0 Å². The van der Waals surface area contributed by atoms with Gasteiger partial charge in [-0.25, -0.2) is 9.97 Å². The highest BCUT2D eigenvalue weighted by Gasteiger charge is 2.18. The highest BCUT2D eigenvalue weighted by molar-refractivity contribution is 8.02. The summed E-state index contributed by atoms with van der Waals surface area (Å²) in [6, 6.07) is 0. The fraction of sp³-hybridized carbons (Fsp3) is 0.550. The lowest BCUT2D eigenvalue weighted by molar-refractivity contribution is 0.0996. The number of nitrogens with two attached hydrogens (primary N) is 1. The van der Waals surface area contributed by atoms with Gasteiger partial charge in [0, 0.05) is 13.1 Å². The van der Waals surface area contributed by atoms with E-state index < -0.39 is 5.91 Å². The summed E-state index contributed by atoms with van der Waals surface area (Å²) in [5, 5.41) is 4.12. The van der Waals surface area contributed by atoms with Crippen molar-refractivity contribution in [1.82, 2.24) is 9.97 Å². The zero-order valence-electron chi connectivity index (χ0n) is 17.2. The van der Waals surface area contributed by atoms with Crippen LogP contribution in [0.25, 0.3) is 0 Å². The summed E-state index contributed by atoms with van der Waals surface area (Å²) in [6.45, 7) is 9.66. The monoisotopic (exact) mass is 391 g/mol. The molecule has 0 aromatic carbocycles. The van der Waals surface area contributed by atoms with E-state index >= 15 is 0 Å². The number of anilines is 2. The van der Waals surface area contributed by atoms with E-state index in [0.717, 1.165) is 43.2 Å². The minimum Gasteiger partial charge on any atom is -0.364 e. The Hall–Kier alpha value is -2.20. The Bertz CT molecular complexity index is 634. The van der Waals surface area contributed by atoms with Crippen LogP contribution in [-0.2, 0) is 0 Å². The second kappa shape index (κ2) is 14.9. The molecule has 0 bridgehead atoms. The highest BCUT2D eigenvalue weighted by atomic mass is 32.2. The molecular weight excluding hydrogens is 358 g/mol. The summed E-state index contributed by atoms with van der Waals surface area (Å²) < 4.78 is 0. The maximum atomic E-state index is 11.6. The summed E-state index contributed by atoms with van der Waals surface area (Å²) in [7, 11) is 0. The molecule has 7 heteroatoms. The lowest BCUT2D eigenvalue weighted by atomic mass is 10.1. The predicted molar refractivity (Wildman–Crippen MR) is 118 cm³/mol. The number of allylic oxidation sites excluding steroid dienone is 1. The van der Waals surface area contributed by atoms with Crippen molar-refractivity contribution in [1.29, 1.82) is 0 Å². The second-order valence-electron chi connectivity index (χ2n) is 5.43. The standard InChI is InChI=1S/C15H23N5OS.C3H4.C2H6/c1-3-7-12(22-2)19-15-13(14(16)21)17-10-11(18-15)20-8-5-4-6-9-20;1-3-2;1-2/h7,10H,3-6,8-9H2,1-2H3,(H2,16,21)(H,18,19);1H,2H3;1-2H3/b12-7-;;. The zero-order chi connectivity index (χ0) is 20.7. The van der Waals surface area contributed by atoms with Gasteiger partial charge in [0.2, 0.25) is 0 Å². The van der Waals surface area contributed by atoms with Crippen LogP contribution >= 0.6 is 11.8 Å². The maximum Gasteiger partial charge on any atom is 0.271 e. The molecule has 150 valence electrons. The van der Waals surface area contributed by atoms with Gasteiger partial charge in [0.25, 0.3) is 5.91 Å². The summed E-state index contributed by atoms with van der Waals surface area (Å²) in [4.78, 5) is 22.6. The Morgan fingerprint density at radius 1 is 1.41 bits per heavy atom. The molecule has 0 unspecified atom stereocenters. The molecule has 1 aliphatic heterocycles. The number of thioether (sulfide) groups is 1. The van der Waals surface area contributed by atoms with Crippen LogP contribution < -0.4 is 16.0 Å². The smallest absolute Gasteiger partial charge is 0.271 e. The van der Waals surface area contributed by atoms with Crippen LogP contribution in [0.3, 0.4) is 0 Å². The van der Waals surface area contributed by atoms with Gasteiger partial charge in [-0.1, -0.05) is 26.8 Å². The van der Waals surface area contributed by atoms with Gasteiger partial charge in [-0.3, -0.25) is 4.79 Å². The van der Waals surface area contributed by atoms with E-state index in [0.29, 0.717) is 5.82 Å². The molecule has 0 radical (unpaired) electrons. The van der Waals surface area contributed by atoms with E-state index in [2.05, 4.69) is 39.5 Å². The molecule has 1 amide bonds. The number of terminal acetylenes is 1. The first-order valence-corrected chi connectivity index (χ1v) is 10.6. The van der Waals surface area contributed by atoms with Gasteiger partial charge in [0.15, 0.2) is 11.5 Å². The van der Waals surface area contributed by atoms with E-state index in [-0.39, 0.29) is 5.69 Å². The van der Waals surface area contributed by atoms with Gasteiger partial charge < -0.3 is 16.0 Å². The van der Waals surface area contributed by atoms with Crippen molar-refractivity contribution in [2.24, 2.45) is 5.73 Å². The van der Waals surface area contributed by atoms with Crippen LogP contribution in [0.1, 0.15) is 63.9 Å². The van der Waals surface area contributed by atoms with Gasteiger partial charge in [-0.15, -0.1) is 24.1 Å². The Labute approximate surface area is 168 Å². The molecule has 2 rings (SSSR count). The van der Waals surface area contributed by atoms with E-state index in [1.54, 1.807) is 24.9 Å². The van der Waals surface area contributed by atoms with E-state index in [9.17, 15) is 4.79 Å². The number of nitrogens with zero attached hydrogens (tertiary/aromatic N) is 3. The number of nitrogens with one attached hydrogen (secondary N) is 1. The van der Waals surface area contributed by atoms with Crippen molar-refractivity contribution >= 4 is 29.3 Å². The molecule has 1 fully saturated rings. The maximum absolute atomic E-state index is 11.6. The lowest BCUT2D eigenvalue weighted by Crippen LogP contribution is -2.31. The fourth-order valence-corrected chi connectivity index (χ4v) is 2.94. The molecule has 0 aliphatic carbocycles. The van der Waals surface area contributed by atoms with Crippen molar-refractivity contribution in [3.63, 3.8) is 0 Å². The predicted octanol–water partition coefficient (Wildman–Crippen LogP) is 4.26. The van der Waals surface area contributed by atoms with Crippen molar-refractivity contribution in [3.05, 3.63) is 23.0 Å². The van der Waals surface area contributed by atoms with Crippen LogP contribution in [0.15, 0.2) is 17.3 Å². The molecule has 27 heavy (non-hydrogen) atoms. The summed E-state index contributed by atoms with van der Waals surface area (Å²) in [5.74, 6) is 2.91. The minimum absolute atomic E-state index is 0.178. The first kappa shape index (κ1) is 24.8. The first-order chi connectivity index (χ1) is 13.1. The number of piperidine rings is 1. The van der Waals surface area contributed by atoms with Crippen molar-refractivity contribution in [2.75, 3.05) is 29.6 Å². The van der Waals surface area contributed by atoms with Crippen LogP contribution in [0, 0.1) is 12.3 Å². The van der Waals surface area contributed by atoms with Crippen molar-refractivity contribution in [2.45, 2.75) is 53.4 Å². The molecule has 6 nitrogen and oxygen atoms in total. The van der Waals surface area contributed by atoms with Crippen molar-refractivity contribution in [3.8, 4) is 12.3 Å². The molecule has 1 aliphatic rings. The minimum atomic E-state index is -0.572. The van der Waals surface area contributed by atoms with E-state index in [1.807, 2.05) is 26.2 Å². The Morgan fingerprint density at radius 3 is 2.48 bits per heavy atom. The number of hydrogen-bond donors (Lipinski definition) is 2. The third kappa shape index (κ3) is 8.83. The zero-order valence-corrected chi connectivity index (χ0v) is 18.0. The molecule has 2 heterocycles. The van der Waals surface area contributed by atoms with Gasteiger partial charge in [0.1, 0.15) is 5.82 Å². The molecule has 1 saturated heterocycles. The molecular formula is C20H33N5OS. The summed E-state index contributed by atoms with van der Waals surface area (Å²) in [5.41, 5.74) is 5.59. The number of primary amides is 1. The third-order valence-electron chi connectivity index (χ3n) is 3.52. The van der Waals surface area contributed by atoms with E-state index in [4.69, 9.17) is 5.73 Å². The normalized spacial score (nSPS) is 13.3. The SMILES string of the molecule is C#CC.CC.CC/C=C(/Nc1nc(N2CCCCC2)cnc1C(N)=O)SC. The van der Waals surface area contributed by atoms with Gasteiger partial charge in [-0.05, 0) is 38.9 Å². The van der Waals surface area contributed by atoms with Crippen molar-refractivity contribution < 1.29 is 4.79 Å². The van der Waals surface area contributed by atoms with Gasteiger partial charge in [0.05, 0.1) is 11.2 Å². The number of aromatic nitrogens is 2. The molecule has 1 aromatic rings. The Balaban J connectivity index is 0.00000123. The van der Waals surface area contributed by atoms with Crippen LogP contribution in [0.5, 0.6) is 0 Å². The molecule has 3 N–H and O–H groups in total. The topological polar surface area (TPSA) is 84.1 Å². The number of rotatable bonds is 6. The fourth-order valence-electron chi connectivity index (χ4n) is 2.41. The average molecular weight is 392 g/mol. The van der Waals surface area contributed by atoms with Gasteiger partial charge in [-0.2, -0.15) is 0 Å². The molecule has 0 saturated carbocycles. The van der Waals surface area contributed by atoms with Crippen LogP contribution in [-0.4, -0.2) is 35.2 Å². The van der Waals surface area contributed by atoms with E-state index in [1.165, 1.54) is 6.42 Å². The number of carbonyl (C=O) groups is 1. The number of carbonyl (C=O) groups excluding carboxylic acids is 1. The lowest BCUT2D eigenvalue weighted by Gasteiger charge is -2.28. The molecule has 1 aromatic heterocycles. The average Bonchev–Trinajstić information content (AvgIpc) is 2.70. The number of hydrogen-bond acceptors (Lipinski definition) is 6. The van der Waals surface area contributed by atoms with Crippen LogP contribution in [0.2, 0.25) is 0 Å². The third-order valence-corrected chi connectivity index (χ3v) is 4.23. The second-order valence-corrected chi connectivity index (χ2v) is 6.28. The summed E-state index contributed by atoms with van der Waals surface area (Å²) in [6.07, 6.45) is 14.7. The number of amides is 1. The van der Waals surface area contributed by atoms with Crippen LogP contribution in [0.4, 0.5) is 11.6 Å². The first-order valence-electron chi connectivity index (χ1n) is 9.37. The summed E-state index contributed by atoms with van der Waals surface area (Å²) >= 11 is 1.57.